The van der Waals surface area contributed by atoms with E-state index in [9.17, 15) is 13.2 Å². The second kappa shape index (κ2) is 7.78. The standard InChI is InChI=1S/C19H24N2O4S/c1-13-9-10-18(14(2)11-13)20-19(22)15(3)21(26(5,23)24)16-7-6-8-17(12-16)25-4/h6-12,15H,1-5H3,(H,20,22). The van der Waals surface area contributed by atoms with E-state index in [1.165, 1.54) is 7.11 Å². The molecule has 0 fully saturated rings. The number of aryl methyl sites for hydroxylation is 2. The van der Waals surface area contributed by atoms with E-state index in [0.717, 1.165) is 21.7 Å². The molecule has 0 heterocycles. The first-order valence-electron chi connectivity index (χ1n) is 8.15. The average molecular weight is 376 g/mol. The molecule has 2 aromatic carbocycles. The smallest absolute Gasteiger partial charge is 0.248 e. The fraction of sp³-hybridized carbons (Fsp3) is 0.316. The minimum absolute atomic E-state index is 0.370. The van der Waals surface area contributed by atoms with Crippen molar-refractivity contribution in [1.29, 1.82) is 0 Å². The number of hydrogen-bond donors (Lipinski definition) is 1. The molecular weight excluding hydrogens is 352 g/mol. The molecule has 140 valence electrons. The number of nitrogens with one attached hydrogen (secondary N) is 1. The lowest BCUT2D eigenvalue weighted by atomic mass is 10.1. The molecule has 0 radical (unpaired) electrons. The van der Waals surface area contributed by atoms with Crippen molar-refractivity contribution in [2.75, 3.05) is 23.0 Å². The third-order valence-electron chi connectivity index (χ3n) is 4.04. The number of methoxy groups -OCH3 is 1. The van der Waals surface area contributed by atoms with Crippen LogP contribution >= 0.6 is 0 Å². The molecule has 0 bridgehead atoms. The third-order valence-corrected chi connectivity index (χ3v) is 5.28. The molecule has 0 aliphatic heterocycles. The highest BCUT2D eigenvalue weighted by molar-refractivity contribution is 7.92. The van der Waals surface area contributed by atoms with Gasteiger partial charge in [0.2, 0.25) is 15.9 Å². The van der Waals surface area contributed by atoms with E-state index in [2.05, 4.69) is 5.32 Å². The van der Waals surface area contributed by atoms with Crippen LogP contribution in [0.2, 0.25) is 0 Å². The molecule has 0 aliphatic rings. The highest BCUT2D eigenvalue weighted by Gasteiger charge is 2.29. The number of amides is 1. The minimum Gasteiger partial charge on any atom is -0.497 e. The second-order valence-corrected chi connectivity index (χ2v) is 8.10. The van der Waals surface area contributed by atoms with Crippen molar-refractivity contribution in [3.63, 3.8) is 0 Å². The maximum atomic E-state index is 12.7. The van der Waals surface area contributed by atoms with Crippen molar-refractivity contribution in [3.8, 4) is 5.75 Å². The lowest BCUT2D eigenvalue weighted by Gasteiger charge is -2.28. The Balaban J connectivity index is 2.34. The Labute approximate surface area is 154 Å². The van der Waals surface area contributed by atoms with Crippen LogP contribution in [0.5, 0.6) is 5.75 Å². The number of carbonyl (C=O) groups excluding carboxylic acids is 1. The molecule has 26 heavy (non-hydrogen) atoms. The van der Waals surface area contributed by atoms with Gasteiger partial charge in [-0.15, -0.1) is 0 Å². The quantitative estimate of drug-likeness (QED) is 0.840. The van der Waals surface area contributed by atoms with E-state index in [-0.39, 0.29) is 0 Å². The number of nitrogens with zero attached hydrogens (tertiary/aromatic N) is 1. The van der Waals surface area contributed by atoms with E-state index in [1.54, 1.807) is 31.2 Å². The summed E-state index contributed by atoms with van der Waals surface area (Å²) in [6, 6.07) is 11.3. The van der Waals surface area contributed by atoms with Gasteiger partial charge in [0.05, 0.1) is 19.1 Å². The zero-order valence-corrected chi connectivity index (χ0v) is 16.4. The van der Waals surface area contributed by atoms with Gasteiger partial charge in [-0.3, -0.25) is 9.10 Å². The molecule has 2 aromatic rings. The highest BCUT2D eigenvalue weighted by atomic mass is 32.2. The molecule has 0 spiro atoms. The Bertz CT molecular complexity index is 910. The van der Waals surface area contributed by atoms with Crippen molar-refractivity contribution in [2.24, 2.45) is 0 Å². The van der Waals surface area contributed by atoms with E-state index >= 15 is 0 Å². The van der Waals surface area contributed by atoms with Gasteiger partial charge in [0, 0.05) is 11.8 Å². The van der Waals surface area contributed by atoms with Crippen LogP contribution in [-0.4, -0.2) is 33.7 Å². The summed E-state index contributed by atoms with van der Waals surface area (Å²) in [5.41, 5.74) is 3.03. The molecule has 0 saturated carbocycles. The normalized spacial score (nSPS) is 12.3. The average Bonchev–Trinajstić information content (AvgIpc) is 2.56. The first kappa shape index (κ1) is 19.8. The van der Waals surface area contributed by atoms with Crippen LogP contribution in [-0.2, 0) is 14.8 Å². The Morgan fingerprint density at radius 1 is 1.15 bits per heavy atom. The van der Waals surface area contributed by atoms with Crippen molar-refractivity contribution >= 4 is 27.3 Å². The Hall–Kier alpha value is -2.54. The van der Waals surface area contributed by atoms with Crippen LogP contribution in [0, 0.1) is 13.8 Å². The molecule has 0 aromatic heterocycles. The molecule has 0 saturated heterocycles. The van der Waals surface area contributed by atoms with Crippen molar-refractivity contribution in [1.82, 2.24) is 0 Å². The van der Waals surface area contributed by atoms with Crippen molar-refractivity contribution < 1.29 is 17.9 Å². The summed E-state index contributed by atoms with van der Waals surface area (Å²) >= 11 is 0. The van der Waals surface area contributed by atoms with Gasteiger partial charge < -0.3 is 10.1 Å². The number of rotatable bonds is 6. The van der Waals surface area contributed by atoms with Gasteiger partial charge in [-0.25, -0.2) is 8.42 Å². The summed E-state index contributed by atoms with van der Waals surface area (Å²) in [7, 11) is -2.18. The number of sulfonamides is 1. The number of anilines is 2. The molecule has 1 unspecified atom stereocenters. The maximum absolute atomic E-state index is 12.7. The van der Waals surface area contributed by atoms with Crippen molar-refractivity contribution in [3.05, 3.63) is 53.6 Å². The zero-order chi connectivity index (χ0) is 19.5. The third kappa shape index (κ3) is 4.54. The molecule has 0 aliphatic carbocycles. The van der Waals surface area contributed by atoms with Crippen LogP contribution in [0.25, 0.3) is 0 Å². The Morgan fingerprint density at radius 2 is 1.85 bits per heavy atom. The topological polar surface area (TPSA) is 75.7 Å². The summed E-state index contributed by atoms with van der Waals surface area (Å²) < 4.78 is 30.9. The highest BCUT2D eigenvalue weighted by Crippen LogP contribution is 2.26. The van der Waals surface area contributed by atoms with Gasteiger partial charge in [0.1, 0.15) is 11.8 Å². The lowest BCUT2D eigenvalue weighted by molar-refractivity contribution is -0.116. The monoisotopic (exact) mass is 376 g/mol. The fourth-order valence-electron chi connectivity index (χ4n) is 2.75. The first-order chi connectivity index (χ1) is 12.1. The van der Waals surface area contributed by atoms with Gasteiger partial charge in [-0.1, -0.05) is 23.8 Å². The summed E-state index contributed by atoms with van der Waals surface area (Å²) in [4.78, 5) is 12.7. The van der Waals surface area contributed by atoms with Gasteiger partial charge in [-0.2, -0.15) is 0 Å². The molecule has 2 rings (SSSR count). The van der Waals surface area contributed by atoms with Crippen LogP contribution in [0.3, 0.4) is 0 Å². The van der Waals surface area contributed by atoms with E-state index in [1.807, 2.05) is 32.0 Å². The zero-order valence-electron chi connectivity index (χ0n) is 15.6. The molecule has 1 N–H and O–H groups in total. The summed E-state index contributed by atoms with van der Waals surface area (Å²) in [5.74, 6) is 0.100. The maximum Gasteiger partial charge on any atom is 0.248 e. The summed E-state index contributed by atoms with van der Waals surface area (Å²) in [6.07, 6.45) is 1.08. The molecule has 6 nitrogen and oxygen atoms in total. The molecular formula is C19H24N2O4S. The Kier molecular flexibility index (Phi) is 5.92. The lowest BCUT2D eigenvalue weighted by Crippen LogP contribution is -2.45. The summed E-state index contributed by atoms with van der Waals surface area (Å²) in [5, 5.41) is 2.81. The number of carbonyl (C=O) groups is 1. The van der Waals surface area contributed by atoms with Gasteiger partial charge >= 0.3 is 0 Å². The fourth-order valence-corrected chi connectivity index (χ4v) is 3.91. The second-order valence-electron chi connectivity index (χ2n) is 6.24. The van der Waals surface area contributed by atoms with Crippen LogP contribution < -0.4 is 14.4 Å². The number of hydrogen-bond acceptors (Lipinski definition) is 4. The van der Waals surface area contributed by atoms with Gasteiger partial charge in [0.25, 0.3) is 0 Å². The van der Waals surface area contributed by atoms with Crippen LogP contribution in [0.15, 0.2) is 42.5 Å². The minimum atomic E-state index is -3.68. The molecule has 1 amide bonds. The molecule has 1 atom stereocenters. The first-order valence-corrected chi connectivity index (χ1v) is 10.00. The summed E-state index contributed by atoms with van der Waals surface area (Å²) in [6.45, 7) is 5.42. The van der Waals surface area contributed by atoms with Gasteiger partial charge in [-0.05, 0) is 44.5 Å². The van der Waals surface area contributed by atoms with Gasteiger partial charge in [0.15, 0.2) is 0 Å². The molecule has 7 heteroatoms. The van der Waals surface area contributed by atoms with E-state index in [4.69, 9.17) is 4.74 Å². The van der Waals surface area contributed by atoms with E-state index in [0.29, 0.717) is 17.1 Å². The van der Waals surface area contributed by atoms with Crippen LogP contribution in [0.1, 0.15) is 18.1 Å². The largest absolute Gasteiger partial charge is 0.497 e. The number of benzene rings is 2. The SMILES string of the molecule is COc1cccc(N(C(C)C(=O)Nc2ccc(C)cc2C)S(C)(=O)=O)c1. The predicted octanol–water partition coefficient (Wildman–Crippen LogP) is 3.11. The van der Waals surface area contributed by atoms with Crippen LogP contribution in [0.4, 0.5) is 11.4 Å². The predicted molar refractivity (Wildman–Crippen MR) is 104 cm³/mol. The number of ether oxygens (including phenoxy) is 1. The van der Waals surface area contributed by atoms with Crippen molar-refractivity contribution in [2.45, 2.75) is 26.8 Å². The Morgan fingerprint density at radius 3 is 2.42 bits per heavy atom. The van der Waals surface area contributed by atoms with E-state index < -0.39 is 22.0 Å².